The molecule has 0 aliphatic heterocycles. The van der Waals surface area contributed by atoms with Gasteiger partial charge < -0.3 is 5.32 Å². The van der Waals surface area contributed by atoms with E-state index in [2.05, 4.69) is 35.9 Å². The van der Waals surface area contributed by atoms with Crippen LogP contribution in [-0.4, -0.2) is 26.4 Å². The van der Waals surface area contributed by atoms with Crippen molar-refractivity contribution in [2.24, 2.45) is 0 Å². The lowest BCUT2D eigenvalue weighted by Crippen LogP contribution is -2.14. The van der Waals surface area contributed by atoms with Gasteiger partial charge >= 0.3 is 0 Å². The number of allylic oxidation sites excluding steroid dienone is 1. The van der Waals surface area contributed by atoms with Gasteiger partial charge in [0, 0.05) is 12.2 Å². The summed E-state index contributed by atoms with van der Waals surface area (Å²) in [6, 6.07) is 14.3. The molecule has 0 aliphatic rings. The van der Waals surface area contributed by atoms with Crippen molar-refractivity contribution in [3.8, 4) is 11.4 Å². The number of halogens is 1. The Morgan fingerprint density at radius 1 is 1.23 bits per heavy atom. The molecule has 0 aliphatic carbocycles. The van der Waals surface area contributed by atoms with Crippen LogP contribution in [0.2, 0.25) is 0 Å². The number of rotatable bonds is 9. The average Bonchev–Trinajstić information content (AvgIpc) is 3.15. The summed E-state index contributed by atoms with van der Waals surface area (Å²) in [6.07, 6.45) is 2.76. The van der Waals surface area contributed by atoms with E-state index in [1.165, 1.54) is 23.4 Å². The maximum absolute atomic E-state index is 14.2. The standard InChI is InChI=1S/C23H25FN4OS/c1-4-14-28-22(19-8-6-7-9-20(19)24)26-27-23(28)30-15-21(29)25-18-12-10-17(11-13-18)16(3)5-2/h4,6-13,16H,1,5,14-15H2,2-3H3,(H,25,29)/t16-/m1/s1. The summed E-state index contributed by atoms with van der Waals surface area (Å²) in [7, 11) is 0. The lowest BCUT2D eigenvalue weighted by atomic mass is 9.99. The zero-order chi connectivity index (χ0) is 21.5. The summed E-state index contributed by atoms with van der Waals surface area (Å²) < 4.78 is 15.9. The Labute approximate surface area is 180 Å². The molecule has 1 atom stereocenters. The molecule has 30 heavy (non-hydrogen) atoms. The number of anilines is 1. The molecule has 3 aromatic rings. The number of nitrogens with one attached hydrogen (secondary N) is 1. The van der Waals surface area contributed by atoms with Crippen LogP contribution in [0, 0.1) is 5.82 Å². The highest BCUT2D eigenvalue weighted by Crippen LogP contribution is 2.26. The molecule has 7 heteroatoms. The molecule has 1 heterocycles. The molecule has 0 spiro atoms. The first-order chi connectivity index (χ1) is 14.5. The van der Waals surface area contributed by atoms with Crippen LogP contribution >= 0.6 is 11.8 Å². The Balaban J connectivity index is 1.67. The highest BCUT2D eigenvalue weighted by Gasteiger charge is 2.17. The van der Waals surface area contributed by atoms with Crippen molar-refractivity contribution in [2.45, 2.75) is 37.9 Å². The fraction of sp³-hybridized carbons (Fsp3) is 0.261. The Morgan fingerprint density at radius 2 is 1.97 bits per heavy atom. The molecule has 0 fully saturated rings. The van der Waals surface area contributed by atoms with E-state index in [0.717, 1.165) is 12.1 Å². The first-order valence-corrected chi connectivity index (χ1v) is 10.8. The van der Waals surface area contributed by atoms with E-state index in [-0.39, 0.29) is 17.5 Å². The first-order valence-electron chi connectivity index (χ1n) is 9.85. The topological polar surface area (TPSA) is 59.8 Å². The number of aromatic nitrogens is 3. The van der Waals surface area contributed by atoms with Crippen LogP contribution in [-0.2, 0) is 11.3 Å². The minimum atomic E-state index is -0.370. The summed E-state index contributed by atoms with van der Waals surface area (Å²) in [5.74, 6) is 0.559. The van der Waals surface area contributed by atoms with E-state index in [1.807, 2.05) is 24.3 Å². The van der Waals surface area contributed by atoms with Crippen LogP contribution in [0.15, 0.2) is 66.3 Å². The van der Waals surface area contributed by atoms with Crippen molar-refractivity contribution in [1.29, 1.82) is 0 Å². The lowest BCUT2D eigenvalue weighted by Gasteiger charge is -2.11. The van der Waals surface area contributed by atoms with E-state index in [1.54, 1.807) is 28.8 Å². The molecule has 1 amide bonds. The largest absolute Gasteiger partial charge is 0.325 e. The second kappa shape index (κ2) is 10.2. The third-order valence-corrected chi connectivity index (χ3v) is 5.82. The van der Waals surface area contributed by atoms with Crippen molar-refractivity contribution in [2.75, 3.05) is 11.1 Å². The predicted octanol–water partition coefficient (Wildman–Crippen LogP) is 5.51. The molecule has 156 valence electrons. The number of hydrogen-bond acceptors (Lipinski definition) is 4. The molecule has 0 saturated carbocycles. The molecule has 0 radical (unpaired) electrons. The monoisotopic (exact) mass is 424 g/mol. The number of benzene rings is 2. The van der Waals surface area contributed by atoms with Crippen LogP contribution in [0.4, 0.5) is 10.1 Å². The molecule has 0 bridgehead atoms. The minimum Gasteiger partial charge on any atom is -0.325 e. The van der Waals surface area contributed by atoms with Gasteiger partial charge in [-0.15, -0.1) is 16.8 Å². The van der Waals surface area contributed by atoms with E-state index in [9.17, 15) is 9.18 Å². The van der Waals surface area contributed by atoms with Gasteiger partial charge in [0.15, 0.2) is 11.0 Å². The van der Waals surface area contributed by atoms with Crippen molar-refractivity contribution in [3.05, 3.63) is 72.6 Å². The van der Waals surface area contributed by atoms with Crippen LogP contribution in [0.1, 0.15) is 31.7 Å². The van der Waals surface area contributed by atoms with Gasteiger partial charge in [0.2, 0.25) is 5.91 Å². The van der Waals surface area contributed by atoms with Crippen molar-refractivity contribution in [3.63, 3.8) is 0 Å². The van der Waals surface area contributed by atoms with E-state index in [0.29, 0.717) is 29.0 Å². The SMILES string of the molecule is C=CCn1c(SCC(=O)Nc2ccc([C@H](C)CC)cc2)nnc1-c1ccccc1F. The number of thioether (sulfide) groups is 1. The highest BCUT2D eigenvalue weighted by molar-refractivity contribution is 7.99. The van der Waals surface area contributed by atoms with Gasteiger partial charge in [-0.25, -0.2) is 4.39 Å². The van der Waals surface area contributed by atoms with Crippen LogP contribution < -0.4 is 5.32 Å². The molecule has 1 N–H and O–H groups in total. The number of hydrogen-bond donors (Lipinski definition) is 1. The second-order valence-corrected chi connectivity index (χ2v) is 7.90. The minimum absolute atomic E-state index is 0.142. The number of carbonyl (C=O) groups excluding carboxylic acids is 1. The van der Waals surface area contributed by atoms with Gasteiger partial charge in [-0.05, 0) is 42.2 Å². The molecule has 0 saturated heterocycles. The van der Waals surface area contributed by atoms with Gasteiger partial charge in [0.25, 0.3) is 0 Å². The molecule has 1 aromatic heterocycles. The fourth-order valence-corrected chi connectivity index (χ4v) is 3.74. The zero-order valence-electron chi connectivity index (χ0n) is 17.1. The number of carbonyl (C=O) groups is 1. The summed E-state index contributed by atoms with van der Waals surface area (Å²) in [5.41, 5.74) is 2.37. The van der Waals surface area contributed by atoms with Crippen molar-refractivity contribution >= 4 is 23.4 Å². The third-order valence-electron chi connectivity index (χ3n) is 4.85. The molecule has 0 unspecified atom stereocenters. The summed E-state index contributed by atoms with van der Waals surface area (Å²) in [4.78, 5) is 12.4. The first kappa shape index (κ1) is 21.8. The van der Waals surface area contributed by atoms with E-state index < -0.39 is 0 Å². The number of amides is 1. The van der Waals surface area contributed by atoms with Gasteiger partial charge in [-0.1, -0.05) is 56.0 Å². The van der Waals surface area contributed by atoms with Crippen molar-refractivity contribution < 1.29 is 9.18 Å². The van der Waals surface area contributed by atoms with Gasteiger partial charge in [-0.3, -0.25) is 9.36 Å². The number of nitrogens with zero attached hydrogens (tertiary/aromatic N) is 3. The zero-order valence-corrected chi connectivity index (χ0v) is 18.0. The lowest BCUT2D eigenvalue weighted by molar-refractivity contribution is -0.113. The molecular weight excluding hydrogens is 399 g/mol. The Morgan fingerprint density at radius 3 is 2.63 bits per heavy atom. The van der Waals surface area contributed by atoms with Gasteiger partial charge in [0.1, 0.15) is 5.82 Å². The fourth-order valence-electron chi connectivity index (χ4n) is 2.99. The highest BCUT2D eigenvalue weighted by atomic mass is 32.2. The molecule has 5 nitrogen and oxygen atoms in total. The summed E-state index contributed by atoms with van der Waals surface area (Å²) in [6.45, 7) is 8.50. The van der Waals surface area contributed by atoms with Crippen LogP contribution in [0.3, 0.4) is 0 Å². The smallest absolute Gasteiger partial charge is 0.234 e. The Hall–Kier alpha value is -2.93. The maximum Gasteiger partial charge on any atom is 0.234 e. The average molecular weight is 425 g/mol. The van der Waals surface area contributed by atoms with Gasteiger partial charge in [-0.2, -0.15) is 0 Å². The van der Waals surface area contributed by atoms with Gasteiger partial charge in [0.05, 0.1) is 11.3 Å². The van der Waals surface area contributed by atoms with Crippen LogP contribution in [0.5, 0.6) is 0 Å². The Bertz CT molecular complexity index is 1020. The predicted molar refractivity (Wildman–Crippen MR) is 120 cm³/mol. The molecule has 2 aromatic carbocycles. The summed E-state index contributed by atoms with van der Waals surface area (Å²) in [5, 5.41) is 11.7. The maximum atomic E-state index is 14.2. The summed E-state index contributed by atoms with van der Waals surface area (Å²) >= 11 is 1.25. The normalized spacial score (nSPS) is 11.8. The molecular formula is C23H25FN4OS. The molecule has 3 rings (SSSR count). The van der Waals surface area contributed by atoms with Crippen LogP contribution in [0.25, 0.3) is 11.4 Å². The van der Waals surface area contributed by atoms with E-state index in [4.69, 9.17) is 0 Å². The van der Waals surface area contributed by atoms with Crippen molar-refractivity contribution in [1.82, 2.24) is 14.8 Å². The third kappa shape index (κ3) is 5.16. The van der Waals surface area contributed by atoms with E-state index >= 15 is 0 Å². The quantitative estimate of drug-likeness (QED) is 0.363. The Kier molecular flexibility index (Phi) is 7.41. The second-order valence-electron chi connectivity index (χ2n) is 6.95.